The monoisotopic (exact) mass is 603 g/mol. The summed E-state index contributed by atoms with van der Waals surface area (Å²) in [5, 5.41) is 11.4. The number of benzene rings is 3. The first-order valence-corrected chi connectivity index (χ1v) is 15.6. The Bertz CT molecular complexity index is 1360. The van der Waals surface area contributed by atoms with E-state index in [0.717, 1.165) is 54.2 Å². The van der Waals surface area contributed by atoms with E-state index in [0.29, 0.717) is 32.1 Å². The van der Waals surface area contributed by atoms with Gasteiger partial charge in [0.05, 0.1) is 37.1 Å². The Kier molecular flexibility index (Phi) is 10.8. The van der Waals surface area contributed by atoms with E-state index < -0.39 is 18.2 Å². The van der Waals surface area contributed by atoms with Crippen molar-refractivity contribution in [3.8, 4) is 17.2 Å². The van der Waals surface area contributed by atoms with Gasteiger partial charge in [0.15, 0.2) is 0 Å². The van der Waals surface area contributed by atoms with E-state index in [1.54, 1.807) is 18.9 Å². The SMILES string of the molecule is CCc1ccc(Oc2ccc([C@H]3[C@H](O)CN(C(=O)C(C)N)C[C@@H]3OCc3ccc4c(c3)N(CCCOC)CCO4)cc2)cc1. The molecule has 1 saturated heterocycles. The van der Waals surface area contributed by atoms with Gasteiger partial charge in [0.1, 0.15) is 23.9 Å². The van der Waals surface area contributed by atoms with Crippen LogP contribution in [-0.4, -0.2) is 80.7 Å². The van der Waals surface area contributed by atoms with Gasteiger partial charge < -0.3 is 39.6 Å². The molecule has 2 aliphatic rings. The predicted octanol–water partition coefficient (Wildman–Crippen LogP) is 4.50. The summed E-state index contributed by atoms with van der Waals surface area (Å²) in [5.74, 6) is 1.80. The number of carbonyl (C=O) groups excluding carboxylic acids is 1. The van der Waals surface area contributed by atoms with Crippen molar-refractivity contribution in [2.75, 3.05) is 51.4 Å². The molecule has 9 heteroatoms. The highest BCUT2D eigenvalue weighted by atomic mass is 16.5. The molecule has 5 rings (SSSR count). The van der Waals surface area contributed by atoms with Gasteiger partial charge in [-0.2, -0.15) is 0 Å². The van der Waals surface area contributed by atoms with Gasteiger partial charge >= 0.3 is 0 Å². The normalized spacial score (nSPS) is 20.5. The van der Waals surface area contributed by atoms with Crippen LogP contribution >= 0.6 is 0 Å². The number of methoxy groups -OCH3 is 1. The Morgan fingerprint density at radius 1 is 1.05 bits per heavy atom. The molecule has 2 heterocycles. The first kappa shape index (κ1) is 31.8. The molecular formula is C35H45N3O6. The summed E-state index contributed by atoms with van der Waals surface area (Å²) in [6.45, 7) is 7.69. The molecule has 1 unspecified atom stereocenters. The number of aliphatic hydroxyl groups is 1. The summed E-state index contributed by atoms with van der Waals surface area (Å²) in [6.07, 6.45) is 0.637. The summed E-state index contributed by atoms with van der Waals surface area (Å²) < 4.78 is 23.7. The van der Waals surface area contributed by atoms with E-state index in [1.165, 1.54) is 5.56 Å². The smallest absolute Gasteiger partial charge is 0.239 e. The van der Waals surface area contributed by atoms with Crippen molar-refractivity contribution in [2.24, 2.45) is 5.73 Å². The molecule has 0 saturated carbocycles. The average Bonchev–Trinajstić information content (AvgIpc) is 3.04. The van der Waals surface area contributed by atoms with Crippen LogP contribution in [0.2, 0.25) is 0 Å². The van der Waals surface area contributed by atoms with E-state index in [1.807, 2.05) is 48.5 Å². The van der Waals surface area contributed by atoms with Gasteiger partial charge in [-0.25, -0.2) is 0 Å². The summed E-state index contributed by atoms with van der Waals surface area (Å²) >= 11 is 0. The number of carbonyl (C=O) groups is 1. The molecule has 1 amide bonds. The molecule has 3 aromatic carbocycles. The van der Waals surface area contributed by atoms with Gasteiger partial charge in [-0.1, -0.05) is 37.3 Å². The second-order valence-electron chi connectivity index (χ2n) is 11.6. The first-order valence-electron chi connectivity index (χ1n) is 15.6. The van der Waals surface area contributed by atoms with Crippen molar-refractivity contribution in [2.45, 2.75) is 57.5 Å². The summed E-state index contributed by atoms with van der Waals surface area (Å²) in [5.41, 5.74) is 10.1. The van der Waals surface area contributed by atoms with Crippen molar-refractivity contribution in [1.29, 1.82) is 0 Å². The molecule has 4 atom stereocenters. The highest BCUT2D eigenvalue weighted by Crippen LogP contribution is 2.36. The Morgan fingerprint density at radius 3 is 2.43 bits per heavy atom. The van der Waals surface area contributed by atoms with Crippen LogP contribution in [0.4, 0.5) is 5.69 Å². The number of β-amino-alcohol motifs (C(OH)–C–C–N with tert-alkyl or cyclic N) is 1. The maximum absolute atomic E-state index is 12.9. The molecule has 2 aliphatic heterocycles. The molecule has 0 aliphatic carbocycles. The van der Waals surface area contributed by atoms with Crippen molar-refractivity contribution in [1.82, 2.24) is 4.90 Å². The van der Waals surface area contributed by atoms with Gasteiger partial charge in [-0.15, -0.1) is 0 Å². The van der Waals surface area contributed by atoms with Crippen LogP contribution in [0.3, 0.4) is 0 Å². The largest absolute Gasteiger partial charge is 0.490 e. The number of hydrogen-bond donors (Lipinski definition) is 2. The fraction of sp³-hybridized carbons (Fsp3) is 0.457. The number of likely N-dealkylation sites (tertiary alicyclic amines) is 1. The minimum atomic E-state index is -0.821. The molecule has 9 nitrogen and oxygen atoms in total. The van der Waals surface area contributed by atoms with Gasteiger partial charge in [-0.05, 0) is 72.9 Å². The van der Waals surface area contributed by atoms with Crippen molar-refractivity contribution in [3.63, 3.8) is 0 Å². The van der Waals surface area contributed by atoms with Crippen LogP contribution in [0.15, 0.2) is 66.7 Å². The summed E-state index contributed by atoms with van der Waals surface area (Å²) in [6, 6.07) is 21.3. The lowest BCUT2D eigenvalue weighted by Gasteiger charge is -2.42. The minimum Gasteiger partial charge on any atom is -0.490 e. The molecule has 1 fully saturated rings. The topological polar surface area (TPSA) is 107 Å². The van der Waals surface area contributed by atoms with E-state index in [2.05, 4.69) is 30.0 Å². The van der Waals surface area contributed by atoms with Crippen LogP contribution in [0.25, 0.3) is 0 Å². The fourth-order valence-corrected chi connectivity index (χ4v) is 5.98. The third-order valence-electron chi connectivity index (χ3n) is 8.38. The summed E-state index contributed by atoms with van der Waals surface area (Å²) in [4.78, 5) is 16.8. The molecule has 236 valence electrons. The molecule has 0 bridgehead atoms. The van der Waals surface area contributed by atoms with E-state index in [9.17, 15) is 9.90 Å². The number of anilines is 1. The molecule has 0 aromatic heterocycles. The van der Waals surface area contributed by atoms with E-state index >= 15 is 0 Å². The highest BCUT2D eigenvalue weighted by molar-refractivity contribution is 5.81. The molecule has 0 radical (unpaired) electrons. The van der Waals surface area contributed by atoms with Crippen LogP contribution < -0.4 is 20.1 Å². The average molecular weight is 604 g/mol. The lowest BCUT2D eigenvalue weighted by atomic mass is 9.84. The number of hydrogen-bond acceptors (Lipinski definition) is 8. The maximum atomic E-state index is 12.9. The Morgan fingerprint density at radius 2 is 1.75 bits per heavy atom. The Labute approximate surface area is 260 Å². The van der Waals surface area contributed by atoms with Crippen LogP contribution in [-0.2, 0) is 27.3 Å². The summed E-state index contributed by atoms with van der Waals surface area (Å²) in [7, 11) is 1.72. The number of aliphatic hydroxyl groups excluding tert-OH is 1. The lowest BCUT2D eigenvalue weighted by Crippen LogP contribution is -2.56. The molecule has 44 heavy (non-hydrogen) atoms. The molecule has 3 N–H and O–H groups in total. The van der Waals surface area contributed by atoms with Crippen molar-refractivity contribution in [3.05, 3.63) is 83.4 Å². The van der Waals surface area contributed by atoms with Crippen LogP contribution in [0, 0.1) is 0 Å². The van der Waals surface area contributed by atoms with Gasteiger partial charge in [0.25, 0.3) is 0 Å². The predicted molar refractivity (Wildman–Crippen MR) is 171 cm³/mol. The van der Waals surface area contributed by atoms with E-state index in [4.69, 9.17) is 24.7 Å². The Balaban J connectivity index is 1.32. The molecule has 0 spiro atoms. The van der Waals surface area contributed by atoms with Crippen LogP contribution in [0.5, 0.6) is 17.2 Å². The lowest BCUT2D eigenvalue weighted by molar-refractivity contribution is -0.143. The number of fused-ring (bicyclic) bond motifs is 1. The number of nitrogens with zero attached hydrogens (tertiary/aromatic N) is 2. The van der Waals surface area contributed by atoms with Gasteiger partial charge in [0, 0.05) is 39.3 Å². The maximum Gasteiger partial charge on any atom is 0.239 e. The number of amides is 1. The molecule has 3 aromatic rings. The van der Waals surface area contributed by atoms with Crippen molar-refractivity contribution < 1.29 is 28.8 Å². The number of ether oxygens (including phenoxy) is 4. The van der Waals surface area contributed by atoms with Crippen molar-refractivity contribution >= 4 is 11.6 Å². The highest BCUT2D eigenvalue weighted by Gasteiger charge is 2.40. The number of rotatable bonds is 12. The zero-order valence-corrected chi connectivity index (χ0v) is 26.0. The zero-order valence-electron chi connectivity index (χ0n) is 26.0. The molecular weight excluding hydrogens is 558 g/mol. The quantitative estimate of drug-likeness (QED) is 0.292. The van der Waals surface area contributed by atoms with Gasteiger partial charge in [-0.3, -0.25) is 4.79 Å². The number of nitrogens with two attached hydrogens (primary N) is 1. The second-order valence-corrected chi connectivity index (χ2v) is 11.6. The minimum absolute atomic E-state index is 0.194. The van der Waals surface area contributed by atoms with Crippen LogP contribution in [0.1, 0.15) is 42.9 Å². The number of piperidine rings is 1. The number of aryl methyl sites for hydroxylation is 1. The third-order valence-corrected chi connectivity index (χ3v) is 8.38. The standard InChI is InChI=1S/C35H45N3O6/c1-4-25-6-11-28(12-7-25)44-29-13-9-27(10-14-29)34-31(39)21-38(35(40)24(2)36)22-33(34)43-23-26-8-15-32-30(20-26)37(17-19-42-32)16-5-18-41-3/h6-15,20,24,31,33-34,39H,4-5,16-19,21-23,36H2,1-3H3/t24?,31-,33+,34+/m1/s1. The second kappa shape index (κ2) is 14.9. The zero-order chi connectivity index (χ0) is 31.1. The fourth-order valence-electron chi connectivity index (χ4n) is 5.98. The van der Waals surface area contributed by atoms with E-state index in [-0.39, 0.29) is 18.4 Å². The first-order chi connectivity index (χ1) is 21.4. The third kappa shape index (κ3) is 7.71. The van der Waals surface area contributed by atoms with Gasteiger partial charge in [0.2, 0.25) is 5.91 Å². The Hall–Kier alpha value is -3.63.